The molecule has 0 amide bonds. The van der Waals surface area contributed by atoms with E-state index in [1.54, 1.807) is 6.07 Å². The minimum atomic E-state index is -1.19. The van der Waals surface area contributed by atoms with Crippen molar-refractivity contribution in [2.45, 2.75) is 64.2 Å². The SMILES string of the molecule is COC1CCN2c3c1c[si](-c1ccc4c(c1)C(C)(C)c1cc(C5=CC=C(/C=C(/C#N)C(=O)O)[Si]5)ccc1-4)cc3C(OC)CC2C(C)C. The lowest BCUT2D eigenvalue weighted by molar-refractivity contribution is -0.132. The summed E-state index contributed by atoms with van der Waals surface area (Å²) in [4.78, 5) is 14.0. The monoisotopic (exact) mass is 656 g/mol. The molecule has 7 rings (SSSR count). The Morgan fingerprint density at radius 3 is 2.40 bits per heavy atom. The van der Waals surface area contributed by atoms with Gasteiger partial charge in [-0.3, -0.25) is 0 Å². The molecular weight excluding hydrogens is 617 g/mol. The smallest absolute Gasteiger partial charge is 0.346 e. The molecule has 6 nitrogen and oxygen atoms in total. The van der Waals surface area contributed by atoms with E-state index < -0.39 is 14.4 Å². The number of carboxylic acids is 1. The largest absolute Gasteiger partial charge is 0.477 e. The molecule has 1 aliphatic carbocycles. The molecule has 8 heteroatoms. The molecule has 0 fully saturated rings. The first-order valence-corrected chi connectivity index (χ1v) is 19.1. The van der Waals surface area contributed by atoms with Crippen LogP contribution in [0.4, 0.5) is 5.69 Å². The lowest BCUT2D eigenvalue weighted by Crippen LogP contribution is -2.48. The Morgan fingerprint density at radius 1 is 1.06 bits per heavy atom. The Kier molecular flexibility index (Phi) is 8.08. The minimum absolute atomic E-state index is 0.0909. The Bertz CT molecular complexity index is 1930. The Morgan fingerprint density at radius 2 is 1.74 bits per heavy atom. The van der Waals surface area contributed by atoms with Gasteiger partial charge in [-0.05, 0) is 57.8 Å². The van der Waals surface area contributed by atoms with Crippen molar-refractivity contribution in [1.82, 2.24) is 0 Å². The highest BCUT2D eigenvalue weighted by atomic mass is 28.2. The lowest BCUT2D eigenvalue weighted by Gasteiger charge is -2.48. The lowest BCUT2D eigenvalue weighted by atomic mass is 9.82. The summed E-state index contributed by atoms with van der Waals surface area (Å²) >= 11 is 0. The zero-order chi connectivity index (χ0) is 33.2. The predicted molar refractivity (Wildman–Crippen MR) is 189 cm³/mol. The number of nitriles is 1. The first-order chi connectivity index (χ1) is 22.5. The molecule has 2 radical (unpaired) electrons. The summed E-state index contributed by atoms with van der Waals surface area (Å²) in [6, 6.07) is 16.1. The van der Waals surface area contributed by atoms with Crippen molar-refractivity contribution in [3.8, 4) is 22.4 Å². The van der Waals surface area contributed by atoms with E-state index in [0.717, 1.165) is 35.3 Å². The number of allylic oxidation sites excluding steroid dienone is 4. The summed E-state index contributed by atoms with van der Waals surface area (Å²) in [5.41, 5.74) is 15.1. The van der Waals surface area contributed by atoms with Gasteiger partial charge >= 0.3 is 5.97 Å². The van der Waals surface area contributed by atoms with Gasteiger partial charge in [-0.25, -0.2) is 4.79 Å². The zero-order valence-electron chi connectivity index (χ0n) is 27.8. The van der Waals surface area contributed by atoms with Crippen LogP contribution in [0.25, 0.3) is 21.5 Å². The van der Waals surface area contributed by atoms with Gasteiger partial charge in [0, 0.05) is 49.0 Å². The van der Waals surface area contributed by atoms with Crippen LogP contribution in [-0.4, -0.2) is 55.8 Å². The fourth-order valence-electron chi connectivity index (χ4n) is 8.14. The molecule has 3 aromatic rings. The van der Waals surface area contributed by atoms with Gasteiger partial charge in [-0.2, -0.15) is 5.26 Å². The normalized spacial score (nSPS) is 22.3. The molecule has 47 heavy (non-hydrogen) atoms. The third-order valence-corrected chi connectivity index (χ3v) is 14.2. The van der Waals surface area contributed by atoms with Gasteiger partial charge in [0.05, 0.1) is 20.6 Å². The highest BCUT2D eigenvalue weighted by molar-refractivity contribution is 6.70. The van der Waals surface area contributed by atoms with Crippen LogP contribution in [0.3, 0.4) is 0 Å². The summed E-state index contributed by atoms with van der Waals surface area (Å²) in [6.07, 6.45) is 7.69. The predicted octanol–water partition coefficient (Wildman–Crippen LogP) is 7.50. The molecule has 1 aromatic heterocycles. The van der Waals surface area contributed by atoms with E-state index in [2.05, 4.69) is 86.4 Å². The van der Waals surface area contributed by atoms with Gasteiger partial charge in [-0.15, -0.1) is 0 Å². The number of carbonyl (C=O) groups is 1. The summed E-state index contributed by atoms with van der Waals surface area (Å²) in [5, 5.41) is 21.9. The molecule has 3 aliphatic heterocycles. The number of rotatable bonds is 7. The van der Waals surface area contributed by atoms with E-state index in [9.17, 15) is 15.2 Å². The van der Waals surface area contributed by atoms with E-state index in [1.807, 2.05) is 20.3 Å². The quantitative estimate of drug-likeness (QED) is 0.161. The Hall–Kier alpha value is -3.88. The molecular formula is C39H40N2O4Si2. The minimum Gasteiger partial charge on any atom is -0.477 e. The van der Waals surface area contributed by atoms with Crippen LogP contribution in [0.2, 0.25) is 0 Å². The highest BCUT2D eigenvalue weighted by Crippen LogP contribution is 2.51. The van der Waals surface area contributed by atoms with Gasteiger partial charge in [0.15, 0.2) is 0 Å². The molecule has 4 aliphatic rings. The average Bonchev–Trinajstić information content (AvgIpc) is 3.63. The van der Waals surface area contributed by atoms with Gasteiger partial charge in [0.25, 0.3) is 0 Å². The van der Waals surface area contributed by atoms with Crippen LogP contribution < -0.4 is 4.90 Å². The van der Waals surface area contributed by atoms with Crippen molar-refractivity contribution in [3.05, 3.63) is 105 Å². The Balaban J connectivity index is 1.24. The van der Waals surface area contributed by atoms with Crippen molar-refractivity contribution in [3.63, 3.8) is 0 Å². The van der Waals surface area contributed by atoms with E-state index >= 15 is 0 Å². The topological polar surface area (TPSA) is 82.8 Å². The second-order valence-electron chi connectivity index (χ2n) is 13.9. The van der Waals surface area contributed by atoms with E-state index in [-0.39, 0.29) is 23.2 Å². The number of aliphatic carboxylic acids is 1. The molecule has 0 bridgehead atoms. The van der Waals surface area contributed by atoms with E-state index in [1.165, 1.54) is 50.3 Å². The first-order valence-electron chi connectivity index (χ1n) is 16.4. The fourth-order valence-corrected chi connectivity index (χ4v) is 11.6. The summed E-state index contributed by atoms with van der Waals surface area (Å²) in [7, 11) is 2.83. The highest BCUT2D eigenvalue weighted by Gasteiger charge is 2.41. The van der Waals surface area contributed by atoms with Crippen molar-refractivity contribution < 1.29 is 19.4 Å². The molecule has 3 unspecified atom stereocenters. The molecule has 4 heterocycles. The fraction of sp³-hybridized carbons (Fsp3) is 0.359. The van der Waals surface area contributed by atoms with Gasteiger partial charge in [0.2, 0.25) is 0 Å². The molecule has 2 aromatic carbocycles. The maximum Gasteiger partial charge on any atom is 0.346 e. The van der Waals surface area contributed by atoms with Crippen molar-refractivity contribution in [2.24, 2.45) is 5.92 Å². The molecule has 1 N–H and O–H groups in total. The van der Waals surface area contributed by atoms with Crippen molar-refractivity contribution in [2.75, 3.05) is 25.7 Å². The number of hydrogen-bond acceptors (Lipinski definition) is 5. The van der Waals surface area contributed by atoms with Crippen LogP contribution in [-0.2, 0) is 19.7 Å². The maximum absolute atomic E-state index is 11.4. The number of nitrogens with zero attached hydrogens (tertiary/aromatic N) is 2. The number of methoxy groups -OCH3 is 2. The van der Waals surface area contributed by atoms with Gasteiger partial charge in [0.1, 0.15) is 21.2 Å². The van der Waals surface area contributed by atoms with Crippen LogP contribution in [0.5, 0.6) is 0 Å². The van der Waals surface area contributed by atoms with Crippen molar-refractivity contribution >= 4 is 34.8 Å². The summed E-state index contributed by atoms with van der Waals surface area (Å²) in [5.74, 6) is -0.649. The third kappa shape index (κ3) is 5.21. The maximum atomic E-state index is 11.4. The van der Waals surface area contributed by atoms with E-state index in [4.69, 9.17) is 9.47 Å². The van der Waals surface area contributed by atoms with Crippen molar-refractivity contribution in [1.29, 1.82) is 5.26 Å². The third-order valence-electron chi connectivity index (χ3n) is 10.7. The van der Waals surface area contributed by atoms with Crippen LogP contribution >= 0.6 is 0 Å². The first kappa shape index (κ1) is 31.7. The number of benzene rings is 2. The number of fused-ring (bicyclic) bond motifs is 3. The molecule has 3 atom stereocenters. The van der Waals surface area contributed by atoms with Crippen LogP contribution in [0.1, 0.15) is 80.6 Å². The van der Waals surface area contributed by atoms with Gasteiger partial charge in [-0.1, -0.05) is 98.0 Å². The standard InChI is InChI=1S/C39H40N2O4Si2/c1-22(2)33-18-35(45-6)30-21-47(20-29-34(44-5)13-14-41(33)37(29)30)26-9-11-28-27-10-7-23(16-31(27)39(3,4)32(28)17-26)36-12-8-25(46-36)15-24(19-40)38(42)43/h7-12,15-17,20-22,33-35H,13-14,18H2,1-6H3,(H,42,43)/b24-15-. The van der Waals surface area contributed by atoms with E-state index in [0.29, 0.717) is 21.5 Å². The van der Waals surface area contributed by atoms with Crippen LogP contribution in [0, 0.1) is 17.2 Å². The number of carboxylic acid groups (broad SMARTS) is 1. The molecule has 0 saturated heterocycles. The number of hydrogen-bond donors (Lipinski definition) is 1. The van der Waals surface area contributed by atoms with Crippen LogP contribution in [0.15, 0.2) is 76.8 Å². The number of ether oxygens (including phenoxy) is 2. The summed E-state index contributed by atoms with van der Waals surface area (Å²) in [6.45, 7) is 10.3. The second-order valence-corrected chi connectivity index (χ2v) is 17.4. The van der Waals surface area contributed by atoms with Gasteiger partial charge < -0.3 is 19.5 Å². The second kappa shape index (κ2) is 12.0. The molecule has 0 spiro atoms. The average molecular weight is 657 g/mol. The Labute approximate surface area is 281 Å². The zero-order valence-corrected chi connectivity index (χ0v) is 29.8. The number of anilines is 1. The molecule has 0 saturated carbocycles. The molecule has 238 valence electrons. The summed E-state index contributed by atoms with van der Waals surface area (Å²) < 4.78 is 12.3.